The fourth-order valence-electron chi connectivity index (χ4n) is 4.46. The Bertz CT molecular complexity index is 881. The molecule has 0 bridgehead atoms. The molecule has 1 amide bonds. The molecular weight excluding hydrogens is 390 g/mol. The van der Waals surface area contributed by atoms with Gasteiger partial charge in [-0.15, -0.1) is 0 Å². The fraction of sp³-hybridized carbons (Fsp3) is 0.476. The Balaban J connectivity index is 1.74. The first kappa shape index (κ1) is 17.8. The summed E-state index contributed by atoms with van der Waals surface area (Å²) < 4.78 is 1.08. The minimum absolute atomic E-state index is 0.0916. The second-order valence-electron chi connectivity index (χ2n) is 7.56. The third-order valence-corrected chi connectivity index (χ3v) is 6.69. The van der Waals surface area contributed by atoms with Gasteiger partial charge in [0.2, 0.25) is 5.91 Å². The van der Waals surface area contributed by atoms with Crippen LogP contribution in [0.5, 0.6) is 0 Å². The van der Waals surface area contributed by atoms with E-state index in [2.05, 4.69) is 76.3 Å². The molecule has 1 aromatic heterocycles. The lowest BCUT2D eigenvalue weighted by atomic mass is 9.79. The zero-order valence-corrected chi connectivity index (χ0v) is 17.2. The molecule has 26 heavy (non-hydrogen) atoms. The first-order valence-corrected chi connectivity index (χ1v) is 10.3. The van der Waals surface area contributed by atoms with Gasteiger partial charge in [-0.3, -0.25) is 9.69 Å². The van der Waals surface area contributed by atoms with Crippen molar-refractivity contribution in [3.8, 4) is 0 Å². The van der Waals surface area contributed by atoms with Crippen LogP contribution in [0.1, 0.15) is 37.8 Å². The largest absolute Gasteiger partial charge is 0.353 e. The Morgan fingerprint density at radius 3 is 2.88 bits per heavy atom. The first-order chi connectivity index (χ1) is 12.5. The molecule has 1 aliphatic carbocycles. The van der Waals surface area contributed by atoms with Crippen molar-refractivity contribution >= 4 is 38.3 Å². The number of benzene rings is 1. The van der Waals surface area contributed by atoms with Crippen molar-refractivity contribution < 1.29 is 4.79 Å². The molecule has 4 nitrogen and oxygen atoms in total. The number of nitrogens with one attached hydrogen (secondary N) is 2. The highest BCUT2D eigenvalue weighted by Crippen LogP contribution is 2.43. The molecule has 2 aliphatic rings. The van der Waals surface area contributed by atoms with Crippen molar-refractivity contribution in [1.29, 1.82) is 0 Å². The average molecular weight is 416 g/mol. The van der Waals surface area contributed by atoms with Crippen molar-refractivity contribution in [3.05, 3.63) is 40.0 Å². The van der Waals surface area contributed by atoms with Crippen molar-refractivity contribution in [2.75, 3.05) is 13.6 Å². The van der Waals surface area contributed by atoms with E-state index in [0.717, 1.165) is 35.9 Å². The molecule has 0 fully saturated rings. The Hall–Kier alpha value is -1.59. The molecule has 2 N–H and O–H groups in total. The molecule has 5 heteroatoms. The van der Waals surface area contributed by atoms with Crippen LogP contribution < -0.4 is 5.32 Å². The van der Waals surface area contributed by atoms with Gasteiger partial charge in [-0.2, -0.15) is 0 Å². The third kappa shape index (κ3) is 2.81. The maximum Gasteiger partial charge on any atom is 0.228 e. The van der Waals surface area contributed by atoms with Gasteiger partial charge in [0.25, 0.3) is 0 Å². The van der Waals surface area contributed by atoms with Crippen LogP contribution in [0.2, 0.25) is 0 Å². The number of hydrogen-bond donors (Lipinski definition) is 2. The van der Waals surface area contributed by atoms with E-state index in [1.807, 2.05) is 0 Å². The predicted molar refractivity (Wildman–Crippen MR) is 110 cm³/mol. The van der Waals surface area contributed by atoms with Gasteiger partial charge in [0.05, 0.1) is 10.5 Å². The Labute approximate surface area is 163 Å². The molecule has 0 spiro atoms. The fourth-order valence-corrected chi connectivity index (χ4v) is 5.03. The zero-order chi connectivity index (χ0) is 18.4. The number of nitrogens with zero attached hydrogens (tertiary/aromatic N) is 1. The van der Waals surface area contributed by atoms with Crippen molar-refractivity contribution in [2.24, 2.45) is 5.92 Å². The van der Waals surface area contributed by atoms with Crippen LogP contribution in [0, 0.1) is 5.92 Å². The number of rotatable bonds is 4. The van der Waals surface area contributed by atoms with Crippen LogP contribution in [0.25, 0.3) is 16.5 Å². The summed E-state index contributed by atoms with van der Waals surface area (Å²) in [7, 11) is 2.14. The van der Waals surface area contributed by atoms with E-state index >= 15 is 0 Å². The number of carbonyl (C=O) groups excluding carboxylic acids is 1. The minimum Gasteiger partial charge on any atom is -0.353 e. The van der Waals surface area contributed by atoms with Gasteiger partial charge in [0.1, 0.15) is 0 Å². The molecule has 1 aliphatic heterocycles. The number of halogens is 1. The van der Waals surface area contributed by atoms with E-state index in [1.54, 1.807) is 0 Å². The van der Waals surface area contributed by atoms with Crippen LogP contribution in [-0.4, -0.2) is 41.5 Å². The number of hydrogen-bond acceptors (Lipinski definition) is 2. The third-order valence-electron chi connectivity index (χ3n) is 6.01. The maximum atomic E-state index is 12.8. The highest BCUT2D eigenvalue weighted by molar-refractivity contribution is 9.10. The summed E-state index contributed by atoms with van der Waals surface area (Å²) in [5, 5.41) is 4.53. The van der Waals surface area contributed by atoms with Crippen LogP contribution in [0.3, 0.4) is 0 Å². The summed E-state index contributed by atoms with van der Waals surface area (Å²) in [6.45, 7) is 5.03. The summed E-state index contributed by atoms with van der Waals surface area (Å²) in [5.41, 5.74) is 5.08. The highest BCUT2D eigenvalue weighted by Gasteiger charge is 2.36. The second-order valence-corrected chi connectivity index (χ2v) is 8.35. The standard InChI is InChI=1S/C21H26BrN3O/c1-4-13(5-2)23-21(26)12-9-15-14-7-6-8-17-19(14)16(20(22)24-17)10-18(15)25(3)11-12/h6-9,12-13,18,24H,4-5,10-11H2,1-3H3,(H,23,26). The van der Waals surface area contributed by atoms with Crippen LogP contribution in [0.4, 0.5) is 0 Å². The molecule has 0 saturated carbocycles. The summed E-state index contributed by atoms with van der Waals surface area (Å²) in [6.07, 6.45) is 5.15. The number of carbonyl (C=O) groups is 1. The van der Waals surface area contributed by atoms with Gasteiger partial charge in [-0.25, -0.2) is 0 Å². The monoisotopic (exact) mass is 415 g/mol. The van der Waals surface area contributed by atoms with Crippen LogP contribution in [0.15, 0.2) is 28.9 Å². The van der Waals surface area contributed by atoms with Gasteiger partial charge in [-0.1, -0.05) is 32.1 Å². The molecule has 2 unspecified atom stereocenters. The van der Waals surface area contributed by atoms with Crippen molar-refractivity contribution in [1.82, 2.24) is 15.2 Å². The van der Waals surface area contributed by atoms with E-state index < -0.39 is 0 Å². The van der Waals surface area contributed by atoms with Gasteiger partial charge in [0, 0.05) is 29.5 Å². The number of fused-ring (bicyclic) bond motifs is 2. The molecule has 2 atom stereocenters. The molecule has 0 radical (unpaired) electrons. The maximum absolute atomic E-state index is 12.8. The quantitative estimate of drug-likeness (QED) is 0.789. The van der Waals surface area contributed by atoms with Gasteiger partial charge < -0.3 is 10.3 Å². The highest BCUT2D eigenvalue weighted by atomic mass is 79.9. The van der Waals surface area contributed by atoms with Gasteiger partial charge in [-0.05, 0) is 65.0 Å². The lowest BCUT2D eigenvalue weighted by Gasteiger charge is -2.39. The van der Waals surface area contributed by atoms with E-state index in [4.69, 9.17) is 0 Å². The predicted octanol–water partition coefficient (Wildman–Crippen LogP) is 4.10. The zero-order valence-electron chi connectivity index (χ0n) is 15.6. The second kappa shape index (κ2) is 6.86. The van der Waals surface area contributed by atoms with E-state index in [-0.39, 0.29) is 17.9 Å². The summed E-state index contributed by atoms with van der Waals surface area (Å²) in [4.78, 5) is 18.6. The Morgan fingerprint density at radius 2 is 2.15 bits per heavy atom. The smallest absolute Gasteiger partial charge is 0.228 e. The SMILES string of the molecule is CCC(CC)NC(=O)C1C=C2c3cccc4[nH]c(Br)c(c34)CC2N(C)C1. The molecular formula is C21H26BrN3O. The summed E-state index contributed by atoms with van der Waals surface area (Å²) in [5.74, 6) is 0.0655. The summed E-state index contributed by atoms with van der Waals surface area (Å²) >= 11 is 3.69. The number of H-pyrrole nitrogens is 1. The van der Waals surface area contributed by atoms with E-state index in [9.17, 15) is 4.79 Å². The topological polar surface area (TPSA) is 48.1 Å². The normalized spacial score (nSPS) is 22.4. The molecule has 2 heterocycles. The number of amides is 1. The number of aromatic amines is 1. The Morgan fingerprint density at radius 1 is 1.38 bits per heavy atom. The van der Waals surface area contributed by atoms with Crippen molar-refractivity contribution in [3.63, 3.8) is 0 Å². The molecule has 1 aromatic carbocycles. The number of aromatic nitrogens is 1. The minimum atomic E-state index is -0.0916. The van der Waals surface area contributed by atoms with Gasteiger partial charge in [0.15, 0.2) is 0 Å². The van der Waals surface area contributed by atoms with E-state index in [1.165, 1.54) is 22.1 Å². The molecule has 2 aromatic rings. The number of likely N-dealkylation sites (N-methyl/N-ethyl adjacent to an activating group) is 1. The van der Waals surface area contributed by atoms with Crippen LogP contribution >= 0.6 is 15.9 Å². The molecule has 4 rings (SSSR count). The van der Waals surface area contributed by atoms with Gasteiger partial charge >= 0.3 is 0 Å². The average Bonchev–Trinajstić information content (AvgIpc) is 2.97. The molecule has 0 saturated heterocycles. The summed E-state index contributed by atoms with van der Waals surface area (Å²) in [6, 6.07) is 7.02. The first-order valence-electron chi connectivity index (χ1n) is 9.55. The Kier molecular flexibility index (Phi) is 4.70. The van der Waals surface area contributed by atoms with E-state index in [0.29, 0.717) is 6.04 Å². The lowest BCUT2D eigenvalue weighted by molar-refractivity contribution is -0.125. The van der Waals surface area contributed by atoms with Crippen molar-refractivity contribution in [2.45, 2.75) is 45.2 Å². The van der Waals surface area contributed by atoms with Crippen LogP contribution in [-0.2, 0) is 11.2 Å². The lowest BCUT2D eigenvalue weighted by Crippen LogP contribution is -2.48. The molecule has 138 valence electrons.